The average Bonchev–Trinajstić information content (AvgIpc) is 2.62. The lowest BCUT2D eigenvalue weighted by Crippen LogP contribution is -2.30. The lowest BCUT2D eigenvalue weighted by atomic mass is 10.1. The largest absolute Gasteiger partial charge is 0.491 e. The first-order valence-corrected chi connectivity index (χ1v) is 6.72. The van der Waals surface area contributed by atoms with Gasteiger partial charge in [0.1, 0.15) is 11.6 Å². The van der Waals surface area contributed by atoms with Crippen LogP contribution in [0.15, 0.2) is 42.5 Å². The van der Waals surface area contributed by atoms with Crippen LogP contribution in [-0.4, -0.2) is 12.5 Å². The number of rotatable bonds is 2. The van der Waals surface area contributed by atoms with Crippen LogP contribution < -0.4 is 15.4 Å². The fourth-order valence-electron chi connectivity index (χ4n) is 2.39. The van der Waals surface area contributed by atoms with Crippen molar-refractivity contribution in [3.8, 4) is 5.75 Å². The zero-order valence-electron chi connectivity index (χ0n) is 11.4. The molecule has 0 bridgehead atoms. The third-order valence-electron chi connectivity index (χ3n) is 3.50. The highest BCUT2D eigenvalue weighted by Crippen LogP contribution is 2.33. The zero-order valence-corrected chi connectivity index (χ0v) is 11.4. The molecule has 0 aliphatic carbocycles. The minimum atomic E-state index is -0.412. The molecule has 0 fully saturated rings. The van der Waals surface area contributed by atoms with E-state index in [0.29, 0.717) is 29.3 Å². The smallest absolute Gasteiger partial charge is 0.230 e. The van der Waals surface area contributed by atoms with Gasteiger partial charge in [-0.05, 0) is 24.3 Å². The average molecular weight is 286 g/mol. The topological polar surface area (TPSA) is 55.6 Å². The van der Waals surface area contributed by atoms with Crippen molar-refractivity contribution in [3.05, 3.63) is 53.8 Å². The molecule has 0 aromatic heterocycles. The molecule has 2 aromatic rings. The van der Waals surface area contributed by atoms with Crippen molar-refractivity contribution in [2.45, 2.75) is 13.0 Å². The van der Waals surface area contributed by atoms with E-state index >= 15 is 0 Å². The van der Waals surface area contributed by atoms with Gasteiger partial charge in [0, 0.05) is 11.3 Å². The van der Waals surface area contributed by atoms with E-state index in [4.69, 9.17) is 10.5 Å². The summed E-state index contributed by atoms with van der Waals surface area (Å²) < 4.78 is 19.5. The summed E-state index contributed by atoms with van der Waals surface area (Å²) in [6.07, 6.45) is 0.253. The summed E-state index contributed by atoms with van der Waals surface area (Å²) in [5.74, 6) is 0.103. The molecule has 0 saturated heterocycles. The molecule has 1 amide bonds. The summed E-state index contributed by atoms with van der Waals surface area (Å²) in [6.45, 7) is 0.414. The third-order valence-corrected chi connectivity index (χ3v) is 3.50. The molecule has 108 valence electrons. The molecule has 0 atom stereocenters. The number of hydrogen-bond acceptors (Lipinski definition) is 3. The second-order valence-electron chi connectivity index (χ2n) is 4.85. The molecule has 3 rings (SSSR count). The molecule has 4 nitrogen and oxygen atoms in total. The molecular weight excluding hydrogens is 271 g/mol. The maximum absolute atomic E-state index is 14.0. The molecule has 1 aliphatic heterocycles. The number of hydrogen-bond donors (Lipinski definition) is 1. The SMILES string of the molecule is Nc1cccc(F)c1CN1C(=O)CCOc2ccccc21. The van der Waals surface area contributed by atoms with Crippen LogP contribution in [0.3, 0.4) is 0 Å². The van der Waals surface area contributed by atoms with Gasteiger partial charge in [-0.15, -0.1) is 0 Å². The first kappa shape index (κ1) is 13.4. The Labute approximate surface area is 121 Å². The number of anilines is 2. The van der Waals surface area contributed by atoms with Crippen molar-refractivity contribution < 1.29 is 13.9 Å². The predicted molar refractivity (Wildman–Crippen MR) is 78.6 cm³/mol. The second-order valence-corrected chi connectivity index (χ2v) is 4.85. The van der Waals surface area contributed by atoms with Gasteiger partial charge in [-0.25, -0.2) is 4.39 Å². The fourth-order valence-corrected chi connectivity index (χ4v) is 2.39. The highest BCUT2D eigenvalue weighted by atomic mass is 19.1. The lowest BCUT2D eigenvalue weighted by Gasteiger charge is -2.23. The van der Waals surface area contributed by atoms with Crippen LogP contribution >= 0.6 is 0 Å². The first-order valence-electron chi connectivity index (χ1n) is 6.72. The standard InChI is InChI=1S/C16H15FN2O2/c17-12-4-3-5-13(18)11(12)10-19-14-6-1-2-7-15(14)21-9-8-16(19)20/h1-7H,8-10,18H2. The van der Waals surface area contributed by atoms with Gasteiger partial charge in [-0.1, -0.05) is 18.2 Å². The Kier molecular flexibility index (Phi) is 3.48. The number of halogens is 1. The summed E-state index contributed by atoms with van der Waals surface area (Å²) in [6, 6.07) is 11.8. The van der Waals surface area contributed by atoms with Crippen LogP contribution in [-0.2, 0) is 11.3 Å². The summed E-state index contributed by atoms with van der Waals surface area (Å²) >= 11 is 0. The molecular formula is C16H15FN2O2. The first-order chi connectivity index (χ1) is 10.2. The van der Waals surface area contributed by atoms with E-state index in [1.807, 2.05) is 12.1 Å². The fraction of sp³-hybridized carbons (Fsp3) is 0.188. The summed E-state index contributed by atoms with van der Waals surface area (Å²) in [5.41, 5.74) is 7.14. The highest BCUT2D eigenvalue weighted by Gasteiger charge is 2.24. The van der Waals surface area contributed by atoms with Gasteiger partial charge in [0.25, 0.3) is 0 Å². The third kappa shape index (κ3) is 2.54. The van der Waals surface area contributed by atoms with Crippen molar-refractivity contribution >= 4 is 17.3 Å². The molecule has 0 saturated carbocycles. The Balaban J connectivity index is 2.02. The van der Waals surface area contributed by atoms with Gasteiger partial charge >= 0.3 is 0 Å². The monoisotopic (exact) mass is 286 g/mol. The number of nitrogens with zero attached hydrogens (tertiary/aromatic N) is 1. The van der Waals surface area contributed by atoms with E-state index in [1.165, 1.54) is 11.0 Å². The summed E-state index contributed by atoms with van der Waals surface area (Å²) in [5, 5.41) is 0. The maximum atomic E-state index is 14.0. The maximum Gasteiger partial charge on any atom is 0.230 e. The molecule has 21 heavy (non-hydrogen) atoms. The summed E-state index contributed by atoms with van der Waals surface area (Å²) in [7, 11) is 0. The van der Waals surface area contributed by atoms with E-state index < -0.39 is 5.82 Å². The number of carbonyl (C=O) groups excluding carboxylic acids is 1. The quantitative estimate of drug-likeness (QED) is 0.864. The second kappa shape index (κ2) is 5.44. The van der Waals surface area contributed by atoms with Crippen molar-refractivity contribution in [3.63, 3.8) is 0 Å². The Hall–Kier alpha value is -2.56. The Morgan fingerprint density at radius 1 is 1.19 bits per heavy atom. The van der Waals surface area contributed by atoms with Crippen LogP contribution in [0.2, 0.25) is 0 Å². The summed E-state index contributed by atoms with van der Waals surface area (Å²) in [4.78, 5) is 13.8. The predicted octanol–water partition coefficient (Wildman–Crippen LogP) is 2.72. The Morgan fingerprint density at radius 2 is 2.00 bits per heavy atom. The van der Waals surface area contributed by atoms with Crippen molar-refractivity contribution in [1.29, 1.82) is 0 Å². The Bertz CT molecular complexity index is 667. The van der Waals surface area contributed by atoms with E-state index in [9.17, 15) is 9.18 Å². The molecule has 0 radical (unpaired) electrons. The van der Waals surface area contributed by atoms with Crippen LogP contribution in [0, 0.1) is 5.82 Å². The number of fused-ring (bicyclic) bond motifs is 1. The van der Waals surface area contributed by atoms with Crippen LogP contribution in [0.25, 0.3) is 0 Å². The molecule has 2 N–H and O–H groups in total. The van der Waals surface area contributed by atoms with Crippen LogP contribution in [0.4, 0.5) is 15.8 Å². The van der Waals surface area contributed by atoms with E-state index in [0.717, 1.165) is 0 Å². The van der Waals surface area contributed by atoms with Gasteiger partial charge < -0.3 is 15.4 Å². The number of para-hydroxylation sites is 2. The van der Waals surface area contributed by atoms with Crippen LogP contribution in [0.5, 0.6) is 5.75 Å². The van der Waals surface area contributed by atoms with Gasteiger partial charge in [-0.2, -0.15) is 0 Å². The molecule has 2 aromatic carbocycles. The molecule has 1 heterocycles. The molecule has 0 unspecified atom stereocenters. The van der Waals surface area contributed by atoms with Crippen molar-refractivity contribution in [2.24, 2.45) is 0 Å². The number of ether oxygens (including phenoxy) is 1. The van der Waals surface area contributed by atoms with Crippen LogP contribution in [0.1, 0.15) is 12.0 Å². The molecule has 0 spiro atoms. The number of carbonyl (C=O) groups is 1. The van der Waals surface area contributed by atoms with E-state index in [1.54, 1.807) is 24.3 Å². The number of nitrogen functional groups attached to an aromatic ring is 1. The van der Waals surface area contributed by atoms with Crippen molar-refractivity contribution in [2.75, 3.05) is 17.2 Å². The number of amides is 1. The highest BCUT2D eigenvalue weighted by molar-refractivity contribution is 5.95. The Morgan fingerprint density at radius 3 is 2.81 bits per heavy atom. The molecule has 5 heteroatoms. The molecule has 1 aliphatic rings. The minimum Gasteiger partial charge on any atom is -0.491 e. The van der Waals surface area contributed by atoms with Gasteiger partial charge in [0.05, 0.1) is 25.3 Å². The van der Waals surface area contributed by atoms with Gasteiger partial charge in [0.15, 0.2) is 0 Å². The number of nitrogens with two attached hydrogens (primary N) is 1. The van der Waals surface area contributed by atoms with Gasteiger partial charge in [0.2, 0.25) is 5.91 Å². The number of benzene rings is 2. The minimum absolute atomic E-state index is 0.0950. The lowest BCUT2D eigenvalue weighted by molar-refractivity contribution is -0.118. The van der Waals surface area contributed by atoms with Gasteiger partial charge in [-0.3, -0.25) is 4.79 Å². The zero-order chi connectivity index (χ0) is 14.8. The normalized spacial score (nSPS) is 14.3. The van der Waals surface area contributed by atoms with Crippen molar-refractivity contribution in [1.82, 2.24) is 0 Å². The van der Waals surface area contributed by atoms with E-state index in [-0.39, 0.29) is 18.9 Å². The van der Waals surface area contributed by atoms with E-state index in [2.05, 4.69) is 0 Å².